The number of aromatic nitrogens is 1. The summed E-state index contributed by atoms with van der Waals surface area (Å²) < 4.78 is 24.5. The molecular weight excluding hydrogens is 494 g/mol. The molecule has 0 N–H and O–H groups in total. The first kappa shape index (κ1) is 23.6. The predicted octanol–water partition coefficient (Wildman–Crippen LogP) is 3.11. The molecule has 6 rings (SSSR count). The van der Waals surface area contributed by atoms with Crippen molar-refractivity contribution in [1.82, 2.24) is 4.57 Å². The fraction of sp³-hybridized carbons (Fsp3) is 0.370. The molecule has 1 aromatic carbocycles. The monoisotopic (exact) mass is 521 g/mol. The Bertz CT molecular complexity index is 1570. The van der Waals surface area contributed by atoms with Crippen molar-refractivity contribution >= 4 is 29.3 Å². The smallest absolute Gasteiger partial charge is 0.338 e. The lowest BCUT2D eigenvalue weighted by molar-refractivity contribution is -0.139. The summed E-state index contributed by atoms with van der Waals surface area (Å²) >= 11 is 1.27. The summed E-state index contributed by atoms with van der Waals surface area (Å²) in [6.45, 7) is 5.80. The lowest BCUT2D eigenvalue weighted by atomic mass is 9.95. The molecule has 0 spiro atoms. The molecule has 9 nitrogen and oxygen atoms in total. The van der Waals surface area contributed by atoms with Crippen molar-refractivity contribution in [3.63, 3.8) is 0 Å². The minimum atomic E-state index is -0.715. The average molecular weight is 522 g/mol. The van der Waals surface area contributed by atoms with Crippen LogP contribution in [0.1, 0.15) is 50.5 Å². The van der Waals surface area contributed by atoms with Crippen molar-refractivity contribution in [2.24, 2.45) is 4.99 Å². The van der Waals surface area contributed by atoms with E-state index in [2.05, 4.69) is 9.89 Å². The van der Waals surface area contributed by atoms with Crippen LogP contribution in [0.5, 0.6) is 11.5 Å². The Labute approximate surface area is 216 Å². The molecule has 0 bridgehead atoms. The summed E-state index contributed by atoms with van der Waals surface area (Å²) in [5, 5.41) is 0. The molecule has 1 saturated heterocycles. The van der Waals surface area contributed by atoms with E-state index in [4.69, 9.17) is 18.6 Å². The molecule has 1 fully saturated rings. The Kier molecular flexibility index (Phi) is 6.11. The average Bonchev–Trinajstić information content (AvgIpc) is 3.63. The van der Waals surface area contributed by atoms with Gasteiger partial charge in [0.1, 0.15) is 5.76 Å². The van der Waals surface area contributed by atoms with E-state index in [0.29, 0.717) is 43.4 Å². The molecule has 3 aromatic rings. The van der Waals surface area contributed by atoms with Crippen molar-refractivity contribution in [3.8, 4) is 11.5 Å². The van der Waals surface area contributed by atoms with Crippen LogP contribution in [-0.2, 0) is 9.53 Å². The van der Waals surface area contributed by atoms with Crippen molar-refractivity contribution < 1.29 is 23.4 Å². The summed E-state index contributed by atoms with van der Waals surface area (Å²) in [6.07, 6.45) is 5.29. The van der Waals surface area contributed by atoms with Gasteiger partial charge in [-0.1, -0.05) is 17.4 Å². The van der Waals surface area contributed by atoms with Gasteiger partial charge in [-0.2, -0.15) is 0 Å². The molecule has 0 saturated carbocycles. The number of thiazole rings is 1. The molecule has 2 aromatic heterocycles. The van der Waals surface area contributed by atoms with Crippen LogP contribution in [0, 0.1) is 0 Å². The number of hydrogen-bond acceptors (Lipinski definition) is 9. The van der Waals surface area contributed by atoms with Crippen LogP contribution in [0.3, 0.4) is 0 Å². The fourth-order valence-electron chi connectivity index (χ4n) is 5.02. The highest BCUT2D eigenvalue weighted by molar-refractivity contribution is 7.07. The summed E-state index contributed by atoms with van der Waals surface area (Å²) in [5.41, 5.74) is 1.29. The predicted molar refractivity (Wildman–Crippen MR) is 138 cm³/mol. The molecule has 10 heteroatoms. The Morgan fingerprint density at radius 2 is 1.97 bits per heavy atom. The number of fused-ring (bicyclic) bond motifs is 2. The summed E-state index contributed by atoms with van der Waals surface area (Å²) in [7, 11) is 0. The van der Waals surface area contributed by atoms with Gasteiger partial charge in [-0.25, -0.2) is 9.79 Å². The van der Waals surface area contributed by atoms with E-state index in [1.54, 1.807) is 36.6 Å². The van der Waals surface area contributed by atoms with Crippen molar-refractivity contribution in [2.75, 3.05) is 31.4 Å². The molecule has 0 amide bonds. The molecule has 37 heavy (non-hydrogen) atoms. The number of anilines is 1. The zero-order valence-electron chi connectivity index (χ0n) is 20.7. The molecule has 0 radical (unpaired) electrons. The first-order chi connectivity index (χ1) is 18.0. The van der Waals surface area contributed by atoms with E-state index in [1.807, 2.05) is 18.2 Å². The van der Waals surface area contributed by atoms with Gasteiger partial charge in [0, 0.05) is 25.2 Å². The van der Waals surface area contributed by atoms with Gasteiger partial charge in [-0.05, 0) is 56.9 Å². The minimum Gasteiger partial charge on any atom is -0.463 e. The number of allylic oxidation sites excluding steroid dienone is 1. The van der Waals surface area contributed by atoms with Crippen LogP contribution in [0.15, 0.2) is 55.8 Å². The second kappa shape index (κ2) is 9.59. The molecular formula is C27H27N3O6S. The van der Waals surface area contributed by atoms with Gasteiger partial charge in [-0.15, -0.1) is 0 Å². The molecule has 192 valence electrons. The quantitative estimate of drug-likeness (QED) is 0.476. The molecule has 3 aliphatic rings. The lowest BCUT2D eigenvalue weighted by Gasteiger charge is -2.25. The summed E-state index contributed by atoms with van der Waals surface area (Å²) in [6, 6.07) is 8.55. The normalized spacial score (nSPS) is 19.1. The van der Waals surface area contributed by atoms with Gasteiger partial charge in [0.25, 0.3) is 5.56 Å². The van der Waals surface area contributed by atoms with Gasteiger partial charge < -0.3 is 23.5 Å². The standard InChI is InChI=1S/C27H27N3O6S/c1-3-33-26(32)23-16(2)28-27-30(24(23)17-7-9-19-20(13-17)35-15-34-19)25(31)21(37-27)14-18-8-10-22(36-18)29-11-5-4-6-12-29/h7-10,13-14,24H,3-6,11-12,15H2,1-2H3/b21-14-/t24-/m1/s1. The van der Waals surface area contributed by atoms with Crippen LogP contribution in [-0.4, -0.2) is 37.0 Å². The topological polar surface area (TPSA) is 95.5 Å². The maximum absolute atomic E-state index is 13.8. The maximum Gasteiger partial charge on any atom is 0.338 e. The van der Waals surface area contributed by atoms with Crippen LogP contribution >= 0.6 is 11.3 Å². The maximum atomic E-state index is 13.8. The van der Waals surface area contributed by atoms with Crippen LogP contribution < -0.4 is 29.3 Å². The van der Waals surface area contributed by atoms with Crippen molar-refractivity contribution in [1.29, 1.82) is 0 Å². The molecule has 3 aliphatic heterocycles. The Morgan fingerprint density at radius 1 is 1.16 bits per heavy atom. The highest BCUT2D eigenvalue weighted by Crippen LogP contribution is 2.38. The molecule has 0 unspecified atom stereocenters. The van der Waals surface area contributed by atoms with Crippen LogP contribution in [0.25, 0.3) is 6.08 Å². The van der Waals surface area contributed by atoms with Crippen LogP contribution in [0.4, 0.5) is 5.88 Å². The number of carbonyl (C=O) groups is 1. The number of piperidine rings is 1. The number of benzene rings is 1. The number of furan rings is 1. The molecule has 5 heterocycles. The van der Waals surface area contributed by atoms with Gasteiger partial charge in [0.2, 0.25) is 6.79 Å². The number of ether oxygens (including phenoxy) is 3. The third kappa shape index (κ3) is 4.25. The van der Waals surface area contributed by atoms with Crippen molar-refractivity contribution in [3.05, 3.63) is 72.6 Å². The third-order valence-corrected chi connectivity index (χ3v) is 7.77. The highest BCUT2D eigenvalue weighted by Gasteiger charge is 2.34. The Morgan fingerprint density at radius 3 is 2.78 bits per heavy atom. The van der Waals surface area contributed by atoms with E-state index < -0.39 is 12.0 Å². The number of nitrogens with zero attached hydrogens (tertiary/aromatic N) is 3. The number of rotatable bonds is 5. The van der Waals surface area contributed by atoms with Gasteiger partial charge >= 0.3 is 5.97 Å². The first-order valence-corrected chi connectivity index (χ1v) is 13.3. The summed E-state index contributed by atoms with van der Waals surface area (Å²) in [5.74, 6) is 2.11. The van der Waals surface area contributed by atoms with E-state index in [9.17, 15) is 9.59 Å². The van der Waals surface area contributed by atoms with E-state index >= 15 is 0 Å². The van der Waals surface area contributed by atoms with Crippen molar-refractivity contribution in [2.45, 2.75) is 39.2 Å². The lowest BCUT2D eigenvalue weighted by Crippen LogP contribution is -2.39. The van der Waals surface area contributed by atoms with E-state index in [0.717, 1.165) is 31.8 Å². The number of esters is 1. The highest BCUT2D eigenvalue weighted by atomic mass is 32.1. The van der Waals surface area contributed by atoms with Crippen LogP contribution in [0.2, 0.25) is 0 Å². The van der Waals surface area contributed by atoms with Gasteiger partial charge in [0.15, 0.2) is 22.2 Å². The zero-order valence-corrected chi connectivity index (χ0v) is 21.5. The molecule has 0 aliphatic carbocycles. The van der Waals surface area contributed by atoms with E-state index in [1.165, 1.54) is 17.8 Å². The zero-order chi connectivity index (χ0) is 25.5. The van der Waals surface area contributed by atoms with Gasteiger partial charge in [0.05, 0.1) is 28.5 Å². The third-order valence-electron chi connectivity index (χ3n) is 6.78. The number of carbonyl (C=O) groups excluding carboxylic acids is 1. The summed E-state index contributed by atoms with van der Waals surface area (Å²) in [4.78, 5) is 34.2. The molecule has 1 atom stereocenters. The Balaban J connectivity index is 1.45. The SMILES string of the molecule is CCOC(=O)C1=C(C)N=c2s/c(=C\c3ccc(N4CCCCC4)o3)c(=O)n2[C@@H]1c1ccc2c(c1)OCO2. The Hall–Kier alpha value is -3.79. The second-order valence-corrected chi connectivity index (χ2v) is 10.1. The van der Waals surface area contributed by atoms with Gasteiger partial charge in [-0.3, -0.25) is 9.36 Å². The first-order valence-electron chi connectivity index (χ1n) is 12.5. The van der Waals surface area contributed by atoms with E-state index in [-0.39, 0.29) is 19.0 Å². The second-order valence-electron chi connectivity index (χ2n) is 9.14. The largest absolute Gasteiger partial charge is 0.463 e. The minimum absolute atomic E-state index is 0.129. The number of hydrogen-bond donors (Lipinski definition) is 0. The fourth-order valence-corrected chi connectivity index (χ4v) is 6.05.